The number of hydrogen-bond donors (Lipinski definition) is 1. The summed E-state index contributed by atoms with van der Waals surface area (Å²) in [4.78, 5) is 55.5. The lowest BCUT2D eigenvalue weighted by molar-refractivity contribution is 0.0917. The number of imidazole rings is 1. The molecule has 6 aromatic rings. The average molecular weight is 707 g/mol. The Bertz CT molecular complexity index is 2390. The highest BCUT2D eigenvalue weighted by molar-refractivity contribution is 5.93. The first-order valence-electron chi connectivity index (χ1n) is 17.5. The minimum atomic E-state index is -0.691. The highest BCUT2D eigenvalue weighted by Crippen LogP contribution is 2.29. The van der Waals surface area contributed by atoms with Crippen LogP contribution in [0.3, 0.4) is 0 Å². The number of carbonyl (C=O) groups is 1. The van der Waals surface area contributed by atoms with Crippen LogP contribution in [0.5, 0.6) is 5.75 Å². The highest BCUT2D eigenvalue weighted by atomic mass is 19.1. The largest absolute Gasteiger partial charge is 0.492 e. The van der Waals surface area contributed by atoms with Crippen molar-refractivity contribution in [1.29, 1.82) is 0 Å². The van der Waals surface area contributed by atoms with Gasteiger partial charge in [0, 0.05) is 24.8 Å². The molecule has 12 nitrogen and oxygen atoms in total. The Kier molecular flexibility index (Phi) is 9.05. The van der Waals surface area contributed by atoms with Crippen LogP contribution in [0.4, 0.5) is 8.78 Å². The maximum Gasteiger partial charge on any atom is 0.337 e. The van der Waals surface area contributed by atoms with Gasteiger partial charge in [-0.25, -0.2) is 28.7 Å². The first-order valence-corrected chi connectivity index (χ1v) is 17.5. The molecule has 5 heterocycles. The first-order chi connectivity index (χ1) is 25.3. The van der Waals surface area contributed by atoms with Gasteiger partial charge in [0.1, 0.15) is 23.9 Å². The monoisotopic (exact) mass is 706 g/mol. The van der Waals surface area contributed by atoms with Gasteiger partial charge in [-0.3, -0.25) is 19.1 Å². The molecule has 52 heavy (non-hydrogen) atoms. The van der Waals surface area contributed by atoms with Crippen molar-refractivity contribution in [2.24, 2.45) is 0 Å². The number of fused-ring (bicyclic) bond motifs is 2. The quantitative estimate of drug-likeness (QED) is 0.225. The summed E-state index contributed by atoms with van der Waals surface area (Å²) < 4.78 is 38.0. The molecule has 8 rings (SSSR count). The van der Waals surface area contributed by atoms with Crippen molar-refractivity contribution < 1.29 is 18.3 Å². The van der Waals surface area contributed by atoms with E-state index in [9.17, 15) is 23.2 Å². The number of amides is 1. The number of benzene rings is 2. The molecule has 0 radical (unpaired) electrons. The van der Waals surface area contributed by atoms with Gasteiger partial charge in [-0.1, -0.05) is 24.3 Å². The van der Waals surface area contributed by atoms with Crippen molar-refractivity contribution in [1.82, 2.24) is 38.7 Å². The summed E-state index contributed by atoms with van der Waals surface area (Å²) in [6.07, 6.45) is 9.09. The third kappa shape index (κ3) is 6.68. The predicted octanol–water partition coefficient (Wildman–Crippen LogP) is 4.92. The zero-order valence-electron chi connectivity index (χ0n) is 28.3. The molecule has 1 aliphatic heterocycles. The van der Waals surface area contributed by atoms with Crippen molar-refractivity contribution in [2.45, 2.75) is 50.6 Å². The van der Waals surface area contributed by atoms with E-state index >= 15 is 0 Å². The molecule has 4 aromatic heterocycles. The van der Waals surface area contributed by atoms with E-state index in [1.807, 2.05) is 42.5 Å². The lowest BCUT2D eigenvalue weighted by Gasteiger charge is -2.30. The molecule has 0 unspecified atom stereocenters. The molecule has 1 saturated heterocycles. The topological polar surface area (TPSA) is 129 Å². The molecule has 14 heteroatoms. The van der Waals surface area contributed by atoms with Crippen LogP contribution in [0.15, 0.2) is 89.0 Å². The minimum absolute atomic E-state index is 0.00589. The number of nitrogens with zero attached hydrogens (tertiary/aromatic N) is 7. The van der Waals surface area contributed by atoms with Crippen LogP contribution in [0.25, 0.3) is 33.5 Å². The summed E-state index contributed by atoms with van der Waals surface area (Å²) in [5.74, 6) is -1.02. The molecule has 0 bridgehead atoms. The number of pyridine rings is 1. The second-order valence-corrected chi connectivity index (χ2v) is 13.4. The lowest BCUT2D eigenvalue weighted by atomic mass is 9.90. The fraction of sp³-hybridized carbons (Fsp3) is 0.316. The van der Waals surface area contributed by atoms with Gasteiger partial charge in [-0.05, 0) is 93.1 Å². The maximum absolute atomic E-state index is 14.5. The van der Waals surface area contributed by atoms with Gasteiger partial charge in [0.2, 0.25) is 5.95 Å². The van der Waals surface area contributed by atoms with E-state index in [0.29, 0.717) is 43.6 Å². The predicted molar refractivity (Wildman–Crippen MR) is 190 cm³/mol. The molecule has 2 aromatic carbocycles. The van der Waals surface area contributed by atoms with E-state index in [2.05, 4.69) is 25.2 Å². The molecule has 1 aliphatic carbocycles. The summed E-state index contributed by atoms with van der Waals surface area (Å²) in [5, 5.41) is 2.96. The average Bonchev–Trinajstić information content (AvgIpc) is 3.83. The van der Waals surface area contributed by atoms with E-state index in [1.54, 1.807) is 6.07 Å². The summed E-state index contributed by atoms with van der Waals surface area (Å²) >= 11 is 0. The second-order valence-electron chi connectivity index (χ2n) is 13.4. The van der Waals surface area contributed by atoms with Gasteiger partial charge in [0.15, 0.2) is 11.3 Å². The van der Waals surface area contributed by atoms with Crippen molar-refractivity contribution in [3.63, 3.8) is 0 Å². The highest BCUT2D eigenvalue weighted by Gasteiger charge is 2.29. The van der Waals surface area contributed by atoms with Crippen LogP contribution < -0.4 is 21.3 Å². The number of carbonyl (C=O) groups excluding carboxylic acids is 1. The van der Waals surface area contributed by atoms with E-state index in [-0.39, 0.29) is 22.8 Å². The van der Waals surface area contributed by atoms with Crippen molar-refractivity contribution in [2.75, 3.05) is 26.2 Å². The van der Waals surface area contributed by atoms with Crippen molar-refractivity contribution in [3.05, 3.63) is 118 Å². The van der Waals surface area contributed by atoms with Gasteiger partial charge < -0.3 is 14.5 Å². The summed E-state index contributed by atoms with van der Waals surface area (Å²) in [6.45, 7) is 3.76. The van der Waals surface area contributed by atoms with Crippen molar-refractivity contribution in [3.8, 4) is 22.6 Å². The Morgan fingerprint density at radius 1 is 0.904 bits per heavy atom. The summed E-state index contributed by atoms with van der Waals surface area (Å²) in [7, 11) is 0. The van der Waals surface area contributed by atoms with Gasteiger partial charge in [-0.15, -0.1) is 0 Å². The lowest BCUT2D eigenvalue weighted by Crippen LogP contribution is -2.45. The molecule has 1 saturated carbocycles. The Morgan fingerprint density at radius 3 is 2.48 bits per heavy atom. The maximum atomic E-state index is 14.5. The molecular weight excluding hydrogens is 670 g/mol. The van der Waals surface area contributed by atoms with Crippen LogP contribution >= 0.6 is 0 Å². The van der Waals surface area contributed by atoms with E-state index < -0.39 is 35.0 Å². The van der Waals surface area contributed by atoms with E-state index in [4.69, 9.17) is 4.74 Å². The number of ether oxygens (including phenoxy) is 1. The number of rotatable bonds is 9. The van der Waals surface area contributed by atoms with Crippen LogP contribution in [0.2, 0.25) is 0 Å². The number of nitrogens with one attached hydrogen (secondary N) is 1. The Labute approximate surface area is 296 Å². The summed E-state index contributed by atoms with van der Waals surface area (Å²) in [5.41, 5.74) is 1.56. The standard InChI is InChI=1S/C38H36F2N8O4/c39-26-19-31-35(42-20-26)47(29-5-3-4-25(18-29)24-6-12-30(13-7-24)52-17-16-45-14-1-2-15-45)38(51)48(37(31)50)28-10-8-27(9-11-28)43-36(49)32-22-46-23-33(40)41-21-34(46)44-32/h3-7,12-13,18-23,27-28H,1-2,8-11,14-17H2,(H,43,49). The van der Waals surface area contributed by atoms with Crippen molar-refractivity contribution >= 4 is 22.6 Å². The van der Waals surface area contributed by atoms with Gasteiger partial charge in [-0.2, -0.15) is 4.39 Å². The Hall–Kier alpha value is -5.76. The first kappa shape index (κ1) is 33.4. The van der Waals surface area contributed by atoms with Crippen LogP contribution in [0, 0.1) is 11.8 Å². The third-order valence-electron chi connectivity index (χ3n) is 10.00. The van der Waals surface area contributed by atoms with Gasteiger partial charge >= 0.3 is 5.69 Å². The fourth-order valence-corrected chi connectivity index (χ4v) is 7.33. The molecule has 1 amide bonds. The fourth-order valence-electron chi connectivity index (χ4n) is 7.33. The van der Waals surface area contributed by atoms with Gasteiger partial charge in [0.05, 0.1) is 29.7 Å². The normalized spacial score (nSPS) is 17.9. The summed E-state index contributed by atoms with van der Waals surface area (Å²) in [6, 6.07) is 15.5. The number of likely N-dealkylation sites (tertiary alicyclic amines) is 1. The Morgan fingerprint density at radius 2 is 1.69 bits per heavy atom. The number of halogens is 2. The van der Waals surface area contributed by atoms with Crippen LogP contribution in [0.1, 0.15) is 55.1 Å². The molecule has 2 fully saturated rings. The molecule has 1 N–H and O–H groups in total. The zero-order chi connectivity index (χ0) is 35.8. The molecule has 0 spiro atoms. The minimum Gasteiger partial charge on any atom is -0.492 e. The zero-order valence-corrected chi connectivity index (χ0v) is 28.3. The smallest absolute Gasteiger partial charge is 0.337 e. The number of hydrogen-bond acceptors (Lipinski definition) is 8. The molecule has 266 valence electrons. The molecule has 0 atom stereocenters. The molecular formula is C38H36F2N8O4. The second kappa shape index (κ2) is 14.1. The van der Waals surface area contributed by atoms with E-state index in [1.165, 1.54) is 38.8 Å². The van der Waals surface area contributed by atoms with Crippen LogP contribution in [-0.4, -0.2) is 71.6 Å². The number of aromatic nitrogens is 6. The van der Waals surface area contributed by atoms with Crippen LogP contribution in [-0.2, 0) is 0 Å². The Balaban J connectivity index is 1.03. The third-order valence-corrected chi connectivity index (χ3v) is 10.00. The SMILES string of the molecule is O=C(NC1CCC(n2c(=O)c3cc(F)cnc3n(-c3cccc(-c4ccc(OCCN5CCCC5)cc4)c3)c2=O)CC1)c1cn2cc(F)ncc2n1. The molecule has 2 aliphatic rings. The van der Waals surface area contributed by atoms with Gasteiger partial charge in [0.25, 0.3) is 11.5 Å². The van der Waals surface area contributed by atoms with E-state index in [0.717, 1.165) is 55.0 Å².